The zero-order valence-electron chi connectivity index (χ0n) is 51.3. The Morgan fingerprint density at radius 1 is 0.158 bits per heavy atom. The van der Waals surface area contributed by atoms with Gasteiger partial charge in [0.1, 0.15) is 0 Å². The number of benzene rings is 14. The number of hydrogen-bond donors (Lipinski definition) is 0. The third kappa shape index (κ3) is 8.11. The van der Waals surface area contributed by atoms with E-state index in [9.17, 15) is 0 Å². The van der Waals surface area contributed by atoms with Crippen molar-refractivity contribution in [2.24, 2.45) is 0 Å². The highest BCUT2D eigenvalue weighted by Gasteiger charge is 2.24. The summed E-state index contributed by atoms with van der Waals surface area (Å²) in [7, 11) is 0. The maximum Gasteiger partial charge on any atom is 0.164 e. The van der Waals surface area contributed by atoms with Crippen LogP contribution in [-0.2, 0) is 0 Å². The molecular formula is C87H54N8. The first-order valence-electron chi connectivity index (χ1n) is 32.3. The summed E-state index contributed by atoms with van der Waals surface area (Å²) >= 11 is 0. The Balaban J connectivity index is 0.760. The molecule has 6 heterocycles. The average molecular weight is 1210 g/mol. The molecule has 0 radical (unpaired) electrons. The van der Waals surface area contributed by atoms with Crippen molar-refractivity contribution in [3.63, 3.8) is 0 Å². The van der Waals surface area contributed by atoms with Gasteiger partial charge in [0.05, 0.1) is 66.5 Å². The van der Waals surface area contributed by atoms with E-state index in [1.165, 1.54) is 65.3 Å². The van der Waals surface area contributed by atoms with E-state index in [1.54, 1.807) is 0 Å². The number of rotatable bonds is 9. The van der Waals surface area contributed by atoms with Gasteiger partial charge in [-0.2, -0.15) is 0 Å². The van der Waals surface area contributed by atoms with Crippen LogP contribution >= 0.6 is 0 Å². The summed E-state index contributed by atoms with van der Waals surface area (Å²) in [5.74, 6) is 1.75. The molecule has 0 unspecified atom stereocenters. The highest BCUT2D eigenvalue weighted by atomic mass is 15.1. The topological polar surface area (TPSA) is 63.3 Å². The number of hydrogen-bond acceptors (Lipinski definition) is 3. The van der Waals surface area contributed by atoms with E-state index in [0.717, 1.165) is 100 Å². The van der Waals surface area contributed by atoms with E-state index in [2.05, 4.69) is 332 Å². The van der Waals surface area contributed by atoms with Crippen LogP contribution in [0.4, 0.5) is 0 Å². The van der Waals surface area contributed by atoms with Gasteiger partial charge in [-0.25, -0.2) is 15.0 Å². The Morgan fingerprint density at radius 3 is 0.947 bits per heavy atom. The summed E-state index contributed by atoms with van der Waals surface area (Å²) in [6.07, 6.45) is 0. The zero-order valence-corrected chi connectivity index (χ0v) is 51.3. The molecule has 6 aromatic heterocycles. The SMILES string of the molecule is c1ccc(-c2nc(-c3cccc(-n4c5ccccc5c5ccccc54)c3)nc(-c3ccc(-n4c5ccccc5c5cc(-n6c7ccccc7c7cc(-c8ccc9c(c8)c8ccccc8n9-c8ccccc8)ccc76)ccc54)c(-n4c5ccccc5c5ccccc54)c3)n2)cc1. The third-order valence-corrected chi connectivity index (χ3v) is 19.5. The van der Waals surface area contributed by atoms with E-state index >= 15 is 0 Å². The molecule has 20 rings (SSSR count). The first-order valence-corrected chi connectivity index (χ1v) is 32.3. The lowest BCUT2D eigenvalue weighted by Crippen LogP contribution is -2.05. The molecule has 0 N–H and O–H groups in total. The maximum absolute atomic E-state index is 5.46. The van der Waals surface area contributed by atoms with E-state index in [1.807, 2.05) is 18.2 Å². The van der Waals surface area contributed by atoms with Crippen LogP contribution in [0.3, 0.4) is 0 Å². The molecular weight excluding hydrogens is 1160 g/mol. The standard InChI is InChI=1S/C87H54N8/c1-3-22-55(23-4-1)85-88-86(58-24-21-27-61(50-58)92-73-35-14-7-28-63(73)64-29-8-15-36-74(64)92)90-87(89-85)59-44-48-83(84(53-59)95-77-39-18-9-30-65(77)66-31-10-19-40-78(66)95)94-79-41-20-13-34-69(79)72-54-62(45-49-82(72)94)93-76-38-17-12-33-68(76)71-52-57(43-47-81(71)93)56-42-46-80-70(51-56)67-32-11-16-37-75(67)91(80)60-25-5-2-6-26-60/h1-54H. The molecule has 0 fully saturated rings. The summed E-state index contributed by atoms with van der Waals surface area (Å²) in [6, 6.07) is 118. The van der Waals surface area contributed by atoms with Gasteiger partial charge in [-0.15, -0.1) is 0 Å². The van der Waals surface area contributed by atoms with Crippen LogP contribution in [-0.4, -0.2) is 37.8 Å². The van der Waals surface area contributed by atoms with Crippen molar-refractivity contribution in [2.45, 2.75) is 0 Å². The molecule has 8 nitrogen and oxygen atoms in total. The fraction of sp³-hybridized carbons (Fsp3) is 0. The van der Waals surface area contributed by atoms with Gasteiger partial charge in [0, 0.05) is 87.6 Å². The van der Waals surface area contributed by atoms with E-state index in [0.29, 0.717) is 17.5 Å². The Bertz CT molecular complexity index is 6430. The van der Waals surface area contributed by atoms with Gasteiger partial charge in [0.2, 0.25) is 0 Å². The van der Waals surface area contributed by atoms with Gasteiger partial charge < -0.3 is 22.8 Å². The quantitative estimate of drug-likeness (QED) is 0.145. The first kappa shape index (κ1) is 52.8. The average Bonchev–Trinajstić information content (AvgIpc) is 1.59. The molecule has 0 bridgehead atoms. The van der Waals surface area contributed by atoms with Gasteiger partial charge in [-0.1, -0.05) is 200 Å². The van der Waals surface area contributed by atoms with Crippen LogP contribution in [0.15, 0.2) is 328 Å². The van der Waals surface area contributed by atoms with Crippen molar-refractivity contribution >= 4 is 109 Å². The minimum absolute atomic E-state index is 0.572. The summed E-state index contributed by atoms with van der Waals surface area (Å²) < 4.78 is 12.1. The second kappa shape index (κ2) is 20.8. The van der Waals surface area contributed by atoms with Gasteiger partial charge in [-0.05, 0) is 139 Å². The number of nitrogens with zero attached hydrogens (tertiary/aromatic N) is 8. The Kier molecular flexibility index (Phi) is 11.6. The molecule has 0 aliphatic carbocycles. The molecule has 0 saturated carbocycles. The van der Waals surface area contributed by atoms with Gasteiger partial charge in [0.15, 0.2) is 17.5 Å². The summed E-state index contributed by atoms with van der Waals surface area (Å²) in [5, 5.41) is 12.0. The lowest BCUT2D eigenvalue weighted by Gasteiger charge is -2.18. The number of fused-ring (bicyclic) bond motifs is 15. The van der Waals surface area contributed by atoms with Crippen molar-refractivity contribution in [3.8, 4) is 73.7 Å². The predicted octanol–water partition coefficient (Wildman–Crippen LogP) is 22.0. The van der Waals surface area contributed by atoms with E-state index in [-0.39, 0.29) is 0 Å². The summed E-state index contributed by atoms with van der Waals surface area (Å²) in [5.41, 5.74) is 21.7. The van der Waals surface area contributed by atoms with Crippen LogP contribution in [0, 0.1) is 0 Å². The fourth-order valence-corrected chi connectivity index (χ4v) is 15.3. The first-order chi connectivity index (χ1) is 47.1. The maximum atomic E-state index is 5.46. The Labute approximate surface area is 545 Å². The van der Waals surface area contributed by atoms with Crippen molar-refractivity contribution < 1.29 is 0 Å². The van der Waals surface area contributed by atoms with E-state index < -0.39 is 0 Å². The van der Waals surface area contributed by atoms with Crippen LogP contribution in [0.25, 0.3) is 183 Å². The van der Waals surface area contributed by atoms with Crippen LogP contribution in [0.1, 0.15) is 0 Å². The summed E-state index contributed by atoms with van der Waals surface area (Å²) in [6.45, 7) is 0. The Morgan fingerprint density at radius 2 is 0.463 bits per heavy atom. The predicted molar refractivity (Wildman–Crippen MR) is 393 cm³/mol. The molecule has 95 heavy (non-hydrogen) atoms. The Hall–Kier alpha value is -12.9. The van der Waals surface area contributed by atoms with Crippen molar-refractivity contribution in [3.05, 3.63) is 328 Å². The minimum atomic E-state index is 0.572. The molecule has 0 spiro atoms. The molecule has 0 amide bonds. The highest BCUT2D eigenvalue weighted by molar-refractivity contribution is 6.16. The van der Waals surface area contributed by atoms with Gasteiger partial charge in [-0.3, -0.25) is 0 Å². The fourth-order valence-electron chi connectivity index (χ4n) is 15.3. The number of para-hydroxylation sites is 8. The molecule has 0 saturated heterocycles. The van der Waals surface area contributed by atoms with Crippen molar-refractivity contribution in [1.29, 1.82) is 0 Å². The molecule has 0 aliphatic rings. The lowest BCUT2D eigenvalue weighted by atomic mass is 10.0. The van der Waals surface area contributed by atoms with Crippen molar-refractivity contribution in [1.82, 2.24) is 37.8 Å². The molecule has 14 aromatic carbocycles. The molecule has 20 aromatic rings. The smallest absolute Gasteiger partial charge is 0.164 e. The number of aromatic nitrogens is 8. The zero-order chi connectivity index (χ0) is 62.2. The molecule has 0 aliphatic heterocycles. The minimum Gasteiger partial charge on any atom is -0.309 e. The second-order valence-corrected chi connectivity index (χ2v) is 24.7. The second-order valence-electron chi connectivity index (χ2n) is 24.7. The van der Waals surface area contributed by atoms with E-state index in [4.69, 9.17) is 15.0 Å². The van der Waals surface area contributed by atoms with Gasteiger partial charge in [0.25, 0.3) is 0 Å². The van der Waals surface area contributed by atoms with Crippen LogP contribution < -0.4 is 0 Å². The monoisotopic (exact) mass is 1210 g/mol. The van der Waals surface area contributed by atoms with Crippen molar-refractivity contribution in [2.75, 3.05) is 0 Å². The normalized spacial score (nSPS) is 12.0. The van der Waals surface area contributed by atoms with Crippen LogP contribution in [0.5, 0.6) is 0 Å². The highest BCUT2D eigenvalue weighted by Crippen LogP contribution is 2.44. The summed E-state index contributed by atoms with van der Waals surface area (Å²) in [4.78, 5) is 16.1. The molecule has 442 valence electrons. The molecule has 8 heteroatoms. The van der Waals surface area contributed by atoms with Gasteiger partial charge >= 0.3 is 0 Å². The molecule has 0 atom stereocenters. The largest absolute Gasteiger partial charge is 0.309 e. The lowest BCUT2D eigenvalue weighted by molar-refractivity contribution is 1.06. The third-order valence-electron chi connectivity index (χ3n) is 19.5. The van der Waals surface area contributed by atoms with Crippen LogP contribution in [0.2, 0.25) is 0 Å².